The van der Waals surface area contributed by atoms with E-state index in [-0.39, 0.29) is 19.0 Å². The number of benzene rings is 3. The molecule has 0 saturated carbocycles. The van der Waals surface area contributed by atoms with Crippen LogP contribution in [0.1, 0.15) is 11.1 Å². The molecule has 32 heavy (non-hydrogen) atoms. The SMILES string of the molecule is OCCn1c2ccc(F)cc2c2cc(/C=C/c3cc[n+](CCO)c4ccccc34)ccc21. The average Bonchev–Trinajstić information content (AvgIpc) is 3.11. The lowest BCUT2D eigenvalue weighted by Crippen LogP contribution is -2.36. The monoisotopic (exact) mass is 427 g/mol. The van der Waals surface area contributed by atoms with E-state index < -0.39 is 0 Å². The molecule has 0 atom stereocenters. The van der Waals surface area contributed by atoms with E-state index in [9.17, 15) is 14.6 Å². The fraction of sp³-hybridized carbons (Fsp3) is 0.148. The highest BCUT2D eigenvalue weighted by atomic mass is 19.1. The minimum Gasteiger partial charge on any atom is -0.395 e. The van der Waals surface area contributed by atoms with Gasteiger partial charge in [-0.1, -0.05) is 30.4 Å². The summed E-state index contributed by atoms with van der Waals surface area (Å²) in [5, 5.41) is 21.8. The lowest BCUT2D eigenvalue weighted by Gasteiger charge is -2.05. The van der Waals surface area contributed by atoms with Gasteiger partial charge in [0.05, 0.1) is 12.0 Å². The van der Waals surface area contributed by atoms with Crippen LogP contribution in [0, 0.1) is 5.82 Å². The van der Waals surface area contributed by atoms with Crippen molar-refractivity contribution in [3.05, 3.63) is 89.9 Å². The number of nitrogens with zero attached hydrogens (tertiary/aromatic N) is 2. The minimum absolute atomic E-state index is 0.0231. The first-order chi connectivity index (χ1) is 15.7. The number of rotatable bonds is 6. The van der Waals surface area contributed by atoms with Crippen LogP contribution in [0.2, 0.25) is 0 Å². The van der Waals surface area contributed by atoms with E-state index in [1.807, 2.05) is 39.6 Å². The maximum atomic E-state index is 14.0. The normalized spacial score (nSPS) is 12.0. The van der Waals surface area contributed by atoms with Gasteiger partial charge in [0, 0.05) is 40.5 Å². The second-order valence-electron chi connectivity index (χ2n) is 7.85. The third-order valence-electron chi connectivity index (χ3n) is 5.93. The summed E-state index contributed by atoms with van der Waals surface area (Å²) in [7, 11) is 0. The highest BCUT2D eigenvalue weighted by Crippen LogP contribution is 2.31. The van der Waals surface area contributed by atoms with Gasteiger partial charge in [0.1, 0.15) is 12.4 Å². The summed E-state index contributed by atoms with van der Waals surface area (Å²) >= 11 is 0. The molecule has 0 unspecified atom stereocenters. The van der Waals surface area contributed by atoms with Gasteiger partial charge in [-0.25, -0.2) is 4.39 Å². The molecule has 4 nitrogen and oxygen atoms in total. The van der Waals surface area contributed by atoms with Crippen LogP contribution >= 0.6 is 0 Å². The first kappa shape index (κ1) is 20.4. The van der Waals surface area contributed by atoms with Crippen LogP contribution in [0.5, 0.6) is 0 Å². The minimum atomic E-state index is -0.270. The maximum absolute atomic E-state index is 14.0. The second-order valence-corrected chi connectivity index (χ2v) is 7.85. The van der Waals surface area contributed by atoms with E-state index in [2.05, 4.69) is 36.4 Å². The Morgan fingerprint density at radius 2 is 1.59 bits per heavy atom. The maximum Gasteiger partial charge on any atom is 0.213 e. The van der Waals surface area contributed by atoms with Crippen LogP contribution in [0.25, 0.3) is 44.9 Å². The highest BCUT2D eigenvalue weighted by Gasteiger charge is 2.12. The number of para-hydroxylation sites is 1. The molecule has 160 valence electrons. The van der Waals surface area contributed by atoms with E-state index in [4.69, 9.17) is 0 Å². The largest absolute Gasteiger partial charge is 0.395 e. The molecule has 5 rings (SSSR count). The summed E-state index contributed by atoms with van der Waals surface area (Å²) in [5.74, 6) is -0.270. The van der Waals surface area contributed by atoms with Crippen molar-refractivity contribution in [1.82, 2.24) is 4.57 Å². The van der Waals surface area contributed by atoms with Gasteiger partial charge in [-0.05, 0) is 47.5 Å². The summed E-state index contributed by atoms with van der Waals surface area (Å²) in [6.45, 7) is 1.13. The quantitative estimate of drug-likeness (QED) is 0.391. The fourth-order valence-corrected chi connectivity index (χ4v) is 4.48. The molecule has 2 heterocycles. The Morgan fingerprint density at radius 1 is 0.812 bits per heavy atom. The third kappa shape index (κ3) is 3.55. The van der Waals surface area contributed by atoms with Crippen LogP contribution in [0.4, 0.5) is 4.39 Å². The summed E-state index contributed by atoms with van der Waals surface area (Å²) in [5.41, 5.74) is 5.07. The summed E-state index contributed by atoms with van der Waals surface area (Å²) in [4.78, 5) is 0. The van der Waals surface area contributed by atoms with E-state index in [1.165, 1.54) is 6.07 Å². The van der Waals surface area contributed by atoms with Crippen LogP contribution in [-0.2, 0) is 13.1 Å². The molecule has 0 bridgehead atoms. The van der Waals surface area contributed by atoms with Crippen molar-refractivity contribution in [1.29, 1.82) is 0 Å². The Hall–Kier alpha value is -3.54. The van der Waals surface area contributed by atoms with Gasteiger partial charge in [0.2, 0.25) is 5.52 Å². The molecule has 0 aliphatic rings. The third-order valence-corrected chi connectivity index (χ3v) is 5.93. The number of aliphatic hydroxyl groups is 2. The van der Waals surface area contributed by atoms with Gasteiger partial charge in [-0.2, -0.15) is 4.57 Å². The number of aromatic nitrogens is 2. The first-order valence-electron chi connectivity index (χ1n) is 10.7. The van der Waals surface area contributed by atoms with E-state index in [1.54, 1.807) is 12.1 Å². The van der Waals surface area contributed by atoms with E-state index in [0.29, 0.717) is 13.1 Å². The number of halogens is 1. The van der Waals surface area contributed by atoms with Crippen molar-refractivity contribution >= 4 is 44.9 Å². The Bertz CT molecular complexity index is 1470. The van der Waals surface area contributed by atoms with E-state index >= 15 is 0 Å². The number of hydrogen-bond acceptors (Lipinski definition) is 2. The molecule has 2 aromatic heterocycles. The molecule has 2 N–H and O–H groups in total. The molecule has 0 aliphatic heterocycles. The number of hydrogen-bond donors (Lipinski definition) is 2. The Morgan fingerprint density at radius 3 is 2.41 bits per heavy atom. The van der Waals surface area contributed by atoms with Crippen molar-refractivity contribution < 1.29 is 19.2 Å². The first-order valence-corrected chi connectivity index (χ1v) is 10.7. The number of pyridine rings is 1. The Kier molecular flexibility index (Phi) is 5.43. The van der Waals surface area contributed by atoms with Crippen molar-refractivity contribution in [2.24, 2.45) is 0 Å². The van der Waals surface area contributed by atoms with Gasteiger partial charge in [-0.15, -0.1) is 0 Å². The van der Waals surface area contributed by atoms with Crippen molar-refractivity contribution in [3.8, 4) is 0 Å². The predicted molar refractivity (Wildman–Crippen MR) is 127 cm³/mol. The Balaban J connectivity index is 1.60. The highest BCUT2D eigenvalue weighted by molar-refractivity contribution is 6.09. The van der Waals surface area contributed by atoms with Gasteiger partial charge < -0.3 is 14.8 Å². The Labute approximate surface area is 185 Å². The molecule has 0 fully saturated rings. The zero-order valence-corrected chi connectivity index (χ0v) is 17.6. The van der Waals surface area contributed by atoms with Crippen LogP contribution in [0.15, 0.2) is 72.9 Å². The average molecular weight is 427 g/mol. The van der Waals surface area contributed by atoms with Gasteiger partial charge in [0.15, 0.2) is 12.7 Å². The number of aliphatic hydroxyl groups excluding tert-OH is 2. The molecular formula is C27H24FN2O2+. The summed E-state index contributed by atoms with van der Waals surface area (Å²) in [6.07, 6.45) is 6.14. The molecule has 3 aromatic carbocycles. The zero-order chi connectivity index (χ0) is 22.1. The molecule has 0 amide bonds. The van der Waals surface area contributed by atoms with Crippen molar-refractivity contribution in [2.45, 2.75) is 13.1 Å². The standard InChI is InChI=1S/C27H24FN2O2/c28-21-8-10-27-24(18-21)23-17-19(6-9-26(23)30(27)14-16-32)5-7-20-11-12-29(13-15-31)25-4-2-1-3-22(20)25/h1-12,17-18,31-32H,13-16H2/q+1. The summed E-state index contributed by atoms with van der Waals surface area (Å²) in [6, 6.07) is 21.1. The molecular weight excluding hydrogens is 403 g/mol. The molecule has 0 saturated heterocycles. The second kappa shape index (κ2) is 8.54. The fourth-order valence-electron chi connectivity index (χ4n) is 4.48. The smallest absolute Gasteiger partial charge is 0.213 e. The van der Waals surface area contributed by atoms with Crippen LogP contribution in [-0.4, -0.2) is 28.0 Å². The van der Waals surface area contributed by atoms with Crippen LogP contribution < -0.4 is 4.57 Å². The zero-order valence-electron chi connectivity index (χ0n) is 17.6. The van der Waals surface area contributed by atoms with Crippen molar-refractivity contribution in [3.63, 3.8) is 0 Å². The van der Waals surface area contributed by atoms with Gasteiger partial charge in [0.25, 0.3) is 0 Å². The lowest BCUT2D eigenvalue weighted by atomic mass is 10.1. The predicted octanol–water partition coefficient (Wildman–Crippen LogP) is 4.53. The molecule has 0 radical (unpaired) electrons. The molecule has 5 heteroatoms. The topological polar surface area (TPSA) is 49.3 Å². The van der Waals surface area contributed by atoms with Gasteiger partial charge in [-0.3, -0.25) is 0 Å². The lowest BCUT2D eigenvalue weighted by molar-refractivity contribution is -0.672. The summed E-state index contributed by atoms with van der Waals surface area (Å²) < 4.78 is 18.1. The molecule has 5 aromatic rings. The van der Waals surface area contributed by atoms with Crippen LogP contribution in [0.3, 0.4) is 0 Å². The number of fused-ring (bicyclic) bond motifs is 4. The molecule has 0 aliphatic carbocycles. The van der Waals surface area contributed by atoms with E-state index in [0.717, 1.165) is 43.8 Å². The van der Waals surface area contributed by atoms with Crippen molar-refractivity contribution in [2.75, 3.05) is 13.2 Å². The van der Waals surface area contributed by atoms with Gasteiger partial charge >= 0.3 is 0 Å². The molecule has 0 spiro atoms.